The standard InChI is InChI=1S/C28H32N2O5/c31-26(32)14-18(17-12-13-17)15-29-27(33)23-10-5-11-25(23)30-28(34)35-16-24-21-8-3-1-6-19(21)20-7-2-4-9-22(20)24/h1-4,6-9,17-18,23-25H,5,10-16H2,(H,29,33)(H,30,34)(H,31,32)/t18?,23-,25+/m1/s1. The summed E-state index contributed by atoms with van der Waals surface area (Å²) < 4.78 is 5.66. The van der Waals surface area contributed by atoms with Gasteiger partial charge in [-0.3, -0.25) is 9.59 Å². The fraction of sp³-hybridized carbons (Fsp3) is 0.464. The molecule has 35 heavy (non-hydrogen) atoms. The number of aliphatic carboxylic acids is 1. The molecule has 2 amide bonds. The highest BCUT2D eigenvalue weighted by Crippen LogP contribution is 2.44. The Morgan fingerprint density at radius 2 is 1.60 bits per heavy atom. The maximum Gasteiger partial charge on any atom is 0.407 e. The van der Waals surface area contributed by atoms with Gasteiger partial charge in [0.25, 0.3) is 0 Å². The first-order valence-electron chi connectivity index (χ1n) is 12.6. The largest absolute Gasteiger partial charge is 0.481 e. The molecule has 0 spiro atoms. The number of carboxylic acid groups (broad SMARTS) is 1. The summed E-state index contributed by atoms with van der Waals surface area (Å²) in [5, 5.41) is 15.0. The average Bonchev–Trinajstić information content (AvgIpc) is 3.52. The molecule has 0 saturated heterocycles. The molecular formula is C28H32N2O5. The summed E-state index contributed by atoms with van der Waals surface area (Å²) >= 11 is 0. The van der Waals surface area contributed by atoms with Gasteiger partial charge in [0.1, 0.15) is 6.61 Å². The third-order valence-electron chi connectivity index (χ3n) is 7.76. The number of amides is 2. The van der Waals surface area contributed by atoms with Gasteiger partial charge in [-0.25, -0.2) is 4.79 Å². The lowest BCUT2D eigenvalue weighted by Gasteiger charge is -2.22. The SMILES string of the molecule is O=C(O)CC(CNC(=O)[C@@H]1CCC[C@@H]1NC(=O)OCC1c2ccccc2-c2ccccc21)C1CC1. The smallest absolute Gasteiger partial charge is 0.407 e. The minimum Gasteiger partial charge on any atom is -0.481 e. The number of benzene rings is 2. The van der Waals surface area contributed by atoms with Crippen LogP contribution in [0.2, 0.25) is 0 Å². The van der Waals surface area contributed by atoms with Crippen LogP contribution in [0.1, 0.15) is 55.6 Å². The molecule has 3 N–H and O–H groups in total. The van der Waals surface area contributed by atoms with Crippen molar-refractivity contribution in [2.24, 2.45) is 17.8 Å². The van der Waals surface area contributed by atoms with Crippen molar-refractivity contribution in [3.05, 3.63) is 59.7 Å². The van der Waals surface area contributed by atoms with E-state index in [1.54, 1.807) is 0 Å². The number of alkyl carbamates (subject to hydrolysis) is 1. The van der Waals surface area contributed by atoms with Gasteiger partial charge in [-0.2, -0.15) is 0 Å². The molecule has 3 atom stereocenters. The van der Waals surface area contributed by atoms with Crippen LogP contribution in [0.3, 0.4) is 0 Å². The minimum absolute atomic E-state index is 0.00980. The number of ether oxygens (including phenoxy) is 1. The van der Waals surface area contributed by atoms with Crippen molar-refractivity contribution in [3.8, 4) is 11.1 Å². The Hall–Kier alpha value is -3.35. The molecule has 7 nitrogen and oxygen atoms in total. The molecular weight excluding hydrogens is 444 g/mol. The second-order valence-electron chi connectivity index (χ2n) is 10.1. The van der Waals surface area contributed by atoms with Gasteiger partial charge in [0, 0.05) is 18.5 Å². The van der Waals surface area contributed by atoms with Gasteiger partial charge in [-0.1, -0.05) is 55.0 Å². The number of carbonyl (C=O) groups excluding carboxylic acids is 2. The monoisotopic (exact) mass is 476 g/mol. The summed E-state index contributed by atoms with van der Waals surface area (Å²) in [6.45, 7) is 0.617. The molecule has 0 heterocycles. The van der Waals surface area contributed by atoms with Crippen molar-refractivity contribution < 1.29 is 24.2 Å². The lowest BCUT2D eigenvalue weighted by Crippen LogP contribution is -2.45. The molecule has 0 bridgehead atoms. The molecule has 3 aliphatic rings. The zero-order chi connectivity index (χ0) is 24.4. The van der Waals surface area contributed by atoms with Gasteiger partial charge in [0.15, 0.2) is 0 Å². The summed E-state index contributed by atoms with van der Waals surface area (Å²) in [6.07, 6.45) is 3.92. The Morgan fingerprint density at radius 1 is 0.943 bits per heavy atom. The van der Waals surface area contributed by atoms with Gasteiger partial charge in [0.05, 0.1) is 12.3 Å². The first-order chi connectivity index (χ1) is 17.0. The van der Waals surface area contributed by atoms with Crippen LogP contribution in [0, 0.1) is 17.8 Å². The Balaban J connectivity index is 1.15. The first kappa shape index (κ1) is 23.4. The summed E-state index contributed by atoms with van der Waals surface area (Å²) in [5.41, 5.74) is 4.67. The first-order valence-corrected chi connectivity index (χ1v) is 12.6. The van der Waals surface area contributed by atoms with E-state index in [1.165, 1.54) is 11.1 Å². The molecule has 2 saturated carbocycles. The number of hydrogen-bond acceptors (Lipinski definition) is 4. The molecule has 2 fully saturated rings. The van der Waals surface area contributed by atoms with E-state index in [4.69, 9.17) is 9.84 Å². The Morgan fingerprint density at radius 3 is 2.23 bits per heavy atom. The Bertz CT molecular complexity index is 1070. The van der Waals surface area contributed by atoms with E-state index in [2.05, 4.69) is 34.9 Å². The van der Waals surface area contributed by atoms with Crippen LogP contribution in [0.15, 0.2) is 48.5 Å². The Kier molecular flexibility index (Phi) is 6.75. The molecule has 1 unspecified atom stereocenters. The van der Waals surface area contributed by atoms with E-state index in [-0.39, 0.29) is 42.7 Å². The van der Waals surface area contributed by atoms with Gasteiger partial charge < -0.3 is 20.5 Å². The minimum atomic E-state index is -0.827. The third kappa shape index (κ3) is 5.19. The van der Waals surface area contributed by atoms with Gasteiger partial charge in [-0.05, 0) is 59.8 Å². The van der Waals surface area contributed by atoms with Crippen LogP contribution >= 0.6 is 0 Å². The van der Waals surface area contributed by atoms with E-state index in [0.29, 0.717) is 18.9 Å². The van der Waals surface area contributed by atoms with Crippen molar-refractivity contribution in [3.63, 3.8) is 0 Å². The number of nitrogens with one attached hydrogen (secondary N) is 2. The number of rotatable bonds is 9. The molecule has 2 aromatic carbocycles. The molecule has 0 aliphatic heterocycles. The summed E-state index contributed by atoms with van der Waals surface area (Å²) in [7, 11) is 0. The second-order valence-corrected chi connectivity index (χ2v) is 10.1. The molecule has 5 rings (SSSR count). The highest BCUT2D eigenvalue weighted by molar-refractivity contribution is 5.81. The third-order valence-corrected chi connectivity index (χ3v) is 7.76. The second kappa shape index (κ2) is 10.1. The van der Waals surface area contributed by atoms with Crippen LogP contribution in [0.25, 0.3) is 11.1 Å². The highest BCUT2D eigenvalue weighted by Gasteiger charge is 2.37. The topological polar surface area (TPSA) is 105 Å². The maximum atomic E-state index is 12.9. The summed E-state index contributed by atoms with van der Waals surface area (Å²) in [5.74, 6) is -0.894. The van der Waals surface area contributed by atoms with Crippen molar-refractivity contribution in [1.29, 1.82) is 0 Å². The number of carboxylic acids is 1. The van der Waals surface area contributed by atoms with Crippen molar-refractivity contribution in [1.82, 2.24) is 10.6 Å². The fourth-order valence-electron chi connectivity index (χ4n) is 5.80. The predicted octanol–water partition coefficient (Wildman–Crippen LogP) is 4.31. The number of fused-ring (bicyclic) bond motifs is 3. The Labute approximate surface area is 205 Å². The maximum absolute atomic E-state index is 12.9. The molecule has 3 aliphatic carbocycles. The van der Waals surface area contributed by atoms with E-state index in [9.17, 15) is 14.4 Å². The van der Waals surface area contributed by atoms with Crippen LogP contribution in [0.5, 0.6) is 0 Å². The number of hydrogen-bond donors (Lipinski definition) is 3. The highest BCUT2D eigenvalue weighted by atomic mass is 16.5. The van der Waals surface area contributed by atoms with E-state index in [0.717, 1.165) is 36.8 Å². The van der Waals surface area contributed by atoms with Crippen molar-refractivity contribution >= 4 is 18.0 Å². The number of carbonyl (C=O) groups is 3. The van der Waals surface area contributed by atoms with E-state index in [1.807, 2.05) is 24.3 Å². The molecule has 0 radical (unpaired) electrons. The van der Waals surface area contributed by atoms with Gasteiger partial charge >= 0.3 is 12.1 Å². The van der Waals surface area contributed by atoms with Crippen LogP contribution in [-0.2, 0) is 14.3 Å². The predicted molar refractivity (Wildman–Crippen MR) is 131 cm³/mol. The van der Waals surface area contributed by atoms with Crippen LogP contribution in [0.4, 0.5) is 4.79 Å². The molecule has 2 aromatic rings. The quantitative estimate of drug-likeness (QED) is 0.500. The zero-order valence-electron chi connectivity index (χ0n) is 19.7. The summed E-state index contributed by atoms with van der Waals surface area (Å²) in [6, 6.07) is 16.1. The molecule has 184 valence electrons. The van der Waals surface area contributed by atoms with Gasteiger partial charge in [-0.15, -0.1) is 0 Å². The zero-order valence-corrected chi connectivity index (χ0v) is 19.7. The lowest BCUT2D eigenvalue weighted by atomic mass is 9.98. The lowest BCUT2D eigenvalue weighted by molar-refractivity contribution is -0.138. The van der Waals surface area contributed by atoms with E-state index < -0.39 is 12.1 Å². The van der Waals surface area contributed by atoms with Gasteiger partial charge in [0.2, 0.25) is 5.91 Å². The molecule has 0 aromatic heterocycles. The summed E-state index contributed by atoms with van der Waals surface area (Å²) in [4.78, 5) is 36.7. The van der Waals surface area contributed by atoms with Crippen LogP contribution < -0.4 is 10.6 Å². The fourth-order valence-corrected chi connectivity index (χ4v) is 5.80. The average molecular weight is 477 g/mol. The molecule has 7 heteroatoms. The normalized spacial score (nSPS) is 21.6. The van der Waals surface area contributed by atoms with Crippen LogP contribution in [-0.4, -0.2) is 42.3 Å². The van der Waals surface area contributed by atoms with Crippen molar-refractivity contribution in [2.45, 2.75) is 50.5 Å². The van der Waals surface area contributed by atoms with Crippen molar-refractivity contribution in [2.75, 3.05) is 13.2 Å². The van der Waals surface area contributed by atoms with E-state index >= 15 is 0 Å².